The molecule has 0 atom stereocenters. The van der Waals surface area contributed by atoms with E-state index in [0.717, 1.165) is 63.2 Å². The summed E-state index contributed by atoms with van der Waals surface area (Å²) in [5.41, 5.74) is 1.21. The lowest BCUT2D eigenvalue weighted by Gasteiger charge is -2.37. The van der Waals surface area contributed by atoms with E-state index in [0.29, 0.717) is 0 Å². The van der Waals surface area contributed by atoms with Crippen LogP contribution < -0.4 is 15.0 Å². The van der Waals surface area contributed by atoms with Crippen molar-refractivity contribution in [2.24, 2.45) is 4.99 Å². The number of methoxy groups -OCH3 is 1. The number of anilines is 1. The first kappa shape index (κ1) is 21.4. The van der Waals surface area contributed by atoms with E-state index in [1.165, 1.54) is 5.69 Å². The molecule has 0 saturated carbocycles. The minimum atomic E-state index is 0. The topological polar surface area (TPSA) is 53.2 Å². The van der Waals surface area contributed by atoms with Gasteiger partial charge in [0, 0.05) is 57.4 Å². The number of benzene rings is 1. The average Bonchev–Trinajstić information content (AvgIpc) is 3.21. The number of halogens is 1. The van der Waals surface area contributed by atoms with Crippen LogP contribution >= 0.6 is 24.0 Å². The maximum atomic E-state index is 5.38. The summed E-state index contributed by atoms with van der Waals surface area (Å²) in [4.78, 5) is 9.50. The number of hydrogen-bond donors (Lipinski definition) is 1. The molecule has 2 aromatic rings. The Morgan fingerprint density at radius 2 is 2.00 bits per heavy atom. The van der Waals surface area contributed by atoms with Gasteiger partial charge in [-0.3, -0.25) is 4.99 Å². The molecule has 1 aliphatic heterocycles. The molecule has 1 aromatic carbocycles. The molecule has 6 nitrogen and oxygen atoms in total. The molecule has 0 spiro atoms. The standard InChI is InChI=1S/C20H28N4O2.HI/c1-3-21-20(22-10-9-18-8-5-15-26-18)24-13-11-23(12-14-24)17-6-4-7-19(16-17)25-2;/h4-8,15-16H,3,9-14H2,1-2H3,(H,21,22);1H. The first-order chi connectivity index (χ1) is 12.8. The minimum absolute atomic E-state index is 0. The molecule has 1 aromatic heterocycles. The fraction of sp³-hybridized carbons (Fsp3) is 0.450. The number of piperazine rings is 1. The Labute approximate surface area is 178 Å². The summed E-state index contributed by atoms with van der Waals surface area (Å²) < 4.78 is 10.7. The number of hydrogen-bond acceptors (Lipinski definition) is 4. The van der Waals surface area contributed by atoms with Crippen molar-refractivity contribution in [3.05, 3.63) is 48.4 Å². The second-order valence-electron chi connectivity index (χ2n) is 6.24. The van der Waals surface area contributed by atoms with Gasteiger partial charge in [0.1, 0.15) is 11.5 Å². The van der Waals surface area contributed by atoms with Crippen molar-refractivity contribution in [3.63, 3.8) is 0 Å². The van der Waals surface area contributed by atoms with Crippen LogP contribution in [0, 0.1) is 0 Å². The van der Waals surface area contributed by atoms with E-state index >= 15 is 0 Å². The molecule has 2 heterocycles. The van der Waals surface area contributed by atoms with E-state index in [9.17, 15) is 0 Å². The number of rotatable bonds is 6. The third-order valence-electron chi connectivity index (χ3n) is 4.53. The Morgan fingerprint density at radius 1 is 1.19 bits per heavy atom. The summed E-state index contributed by atoms with van der Waals surface area (Å²) in [6.07, 6.45) is 2.54. The van der Waals surface area contributed by atoms with E-state index in [1.807, 2.05) is 24.3 Å². The van der Waals surface area contributed by atoms with Crippen LogP contribution in [0.2, 0.25) is 0 Å². The Morgan fingerprint density at radius 3 is 2.67 bits per heavy atom. The van der Waals surface area contributed by atoms with Crippen molar-refractivity contribution >= 4 is 35.6 Å². The highest BCUT2D eigenvalue weighted by atomic mass is 127. The van der Waals surface area contributed by atoms with Gasteiger partial charge in [0.2, 0.25) is 0 Å². The maximum Gasteiger partial charge on any atom is 0.194 e. The molecule has 0 bridgehead atoms. The molecule has 0 aliphatic carbocycles. The van der Waals surface area contributed by atoms with Crippen molar-refractivity contribution in [2.45, 2.75) is 13.3 Å². The molecule has 0 unspecified atom stereocenters. The molecular weight excluding hydrogens is 455 g/mol. The molecular formula is C20H29IN4O2. The van der Waals surface area contributed by atoms with Crippen molar-refractivity contribution in [1.29, 1.82) is 0 Å². The van der Waals surface area contributed by atoms with Crippen LogP contribution in [0.1, 0.15) is 12.7 Å². The second-order valence-corrected chi connectivity index (χ2v) is 6.24. The van der Waals surface area contributed by atoms with Crippen molar-refractivity contribution < 1.29 is 9.15 Å². The van der Waals surface area contributed by atoms with Crippen LogP contribution in [0.4, 0.5) is 5.69 Å². The van der Waals surface area contributed by atoms with Crippen LogP contribution in [-0.2, 0) is 6.42 Å². The Bertz CT molecular complexity index is 698. The van der Waals surface area contributed by atoms with Gasteiger partial charge in [-0.25, -0.2) is 0 Å². The first-order valence-electron chi connectivity index (χ1n) is 9.25. The Balaban J connectivity index is 0.00000261. The number of aliphatic imine (C=N–C) groups is 1. The highest BCUT2D eigenvalue weighted by Gasteiger charge is 2.20. The summed E-state index contributed by atoms with van der Waals surface area (Å²) in [6.45, 7) is 7.54. The Hall–Kier alpha value is -1.90. The summed E-state index contributed by atoms with van der Waals surface area (Å²) in [5, 5.41) is 3.41. The van der Waals surface area contributed by atoms with Crippen LogP contribution in [-0.4, -0.2) is 57.2 Å². The van der Waals surface area contributed by atoms with Gasteiger partial charge in [-0.15, -0.1) is 24.0 Å². The third-order valence-corrected chi connectivity index (χ3v) is 4.53. The van der Waals surface area contributed by atoms with E-state index < -0.39 is 0 Å². The summed E-state index contributed by atoms with van der Waals surface area (Å²) in [5.74, 6) is 2.87. The minimum Gasteiger partial charge on any atom is -0.497 e. The van der Waals surface area contributed by atoms with Crippen molar-refractivity contribution in [3.8, 4) is 5.75 Å². The number of guanidine groups is 1. The van der Waals surface area contributed by atoms with Crippen LogP contribution in [0.15, 0.2) is 52.1 Å². The molecule has 148 valence electrons. The van der Waals surface area contributed by atoms with Crippen molar-refractivity contribution in [2.75, 3.05) is 51.3 Å². The van der Waals surface area contributed by atoms with Gasteiger partial charge in [-0.2, -0.15) is 0 Å². The van der Waals surface area contributed by atoms with Gasteiger partial charge >= 0.3 is 0 Å². The number of nitrogens with zero attached hydrogens (tertiary/aromatic N) is 3. The lowest BCUT2D eigenvalue weighted by Crippen LogP contribution is -2.52. The molecule has 3 rings (SSSR count). The van der Waals surface area contributed by atoms with Crippen LogP contribution in [0.25, 0.3) is 0 Å². The van der Waals surface area contributed by atoms with Crippen LogP contribution in [0.3, 0.4) is 0 Å². The highest BCUT2D eigenvalue weighted by molar-refractivity contribution is 14.0. The highest BCUT2D eigenvalue weighted by Crippen LogP contribution is 2.22. The van der Waals surface area contributed by atoms with Gasteiger partial charge in [-0.05, 0) is 31.2 Å². The van der Waals surface area contributed by atoms with E-state index in [4.69, 9.17) is 14.1 Å². The second kappa shape index (κ2) is 11.1. The number of ether oxygens (including phenoxy) is 1. The summed E-state index contributed by atoms with van der Waals surface area (Å²) >= 11 is 0. The third kappa shape index (κ3) is 6.05. The maximum absolute atomic E-state index is 5.38. The summed E-state index contributed by atoms with van der Waals surface area (Å²) in [7, 11) is 1.71. The van der Waals surface area contributed by atoms with E-state index in [1.54, 1.807) is 13.4 Å². The fourth-order valence-electron chi connectivity index (χ4n) is 3.14. The van der Waals surface area contributed by atoms with E-state index in [2.05, 4.69) is 34.2 Å². The SMILES string of the molecule is CCNC(=NCCc1ccco1)N1CCN(c2cccc(OC)c2)CC1.I. The molecule has 27 heavy (non-hydrogen) atoms. The van der Waals surface area contributed by atoms with E-state index in [-0.39, 0.29) is 24.0 Å². The predicted octanol–water partition coefficient (Wildman–Crippen LogP) is 3.24. The monoisotopic (exact) mass is 484 g/mol. The Kier molecular flexibility index (Phi) is 8.77. The number of furan rings is 1. The predicted molar refractivity (Wildman–Crippen MR) is 121 cm³/mol. The average molecular weight is 484 g/mol. The molecule has 1 N–H and O–H groups in total. The molecule has 1 aliphatic rings. The van der Waals surface area contributed by atoms with Gasteiger partial charge in [-0.1, -0.05) is 6.07 Å². The van der Waals surface area contributed by atoms with Gasteiger partial charge in [0.15, 0.2) is 5.96 Å². The first-order valence-corrected chi connectivity index (χ1v) is 9.25. The molecule has 1 fully saturated rings. The normalized spacial score (nSPS) is 14.7. The lowest BCUT2D eigenvalue weighted by atomic mass is 10.2. The zero-order valence-electron chi connectivity index (χ0n) is 16.1. The summed E-state index contributed by atoms with van der Waals surface area (Å²) in [6, 6.07) is 12.2. The quantitative estimate of drug-likeness (QED) is 0.388. The molecule has 7 heteroatoms. The molecule has 0 radical (unpaired) electrons. The molecule has 0 amide bonds. The zero-order chi connectivity index (χ0) is 18.2. The van der Waals surface area contributed by atoms with Crippen LogP contribution in [0.5, 0.6) is 5.75 Å². The van der Waals surface area contributed by atoms with Gasteiger partial charge in [0.25, 0.3) is 0 Å². The van der Waals surface area contributed by atoms with Gasteiger partial charge in [0.05, 0.1) is 13.4 Å². The zero-order valence-corrected chi connectivity index (χ0v) is 18.4. The van der Waals surface area contributed by atoms with Gasteiger partial charge < -0.3 is 24.3 Å². The molecule has 1 saturated heterocycles. The fourth-order valence-corrected chi connectivity index (χ4v) is 3.14. The smallest absolute Gasteiger partial charge is 0.194 e. The van der Waals surface area contributed by atoms with Crippen molar-refractivity contribution in [1.82, 2.24) is 10.2 Å². The largest absolute Gasteiger partial charge is 0.497 e. The number of nitrogens with one attached hydrogen (secondary N) is 1. The lowest BCUT2D eigenvalue weighted by molar-refractivity contribution is 0.372.